The maximum absolute atomic E-state index is 12.5. The van der Waals surface area contributed by atoms with Crippen LogP contribution in [0.15, 0.2) is 41.4 Å². The molecule has 2 N–H and O–H groups in total. The fraction of sp³-hybridized carbons (Fsp3) is 0.333. The van der Waals surface area contributed by atoms with E-state index in [-0.39, 0.29) is 16.5 Å². The quantitative estimate of drug-likeness (QED) is 0.748. The van der Waals surface area contributed by atoms with Crippen LogP contribution in [0, 0.1) is 0 Å². The van der Waals surface area contributed by atoms with Crippen LogP contribution in [0.1, 0.15) is 34.7 Å². The molecule has 0 spiro atoms. The number of carbonyl (C=O) groups is 2. The molecule has 0 aliphatic carbocycles. The van der Waals surface area contributed by atoms with Gasteiger partial charge in [0.2, 0.25) is 10.0 Å². The molecule has 1 aromatic heterocycles. The average Bonchev–Trinajstić information content (AvgIpc) is 3.05. The van der Waals surface area contributed by atoms with Gasteiger partial charge < -0.3 is 14.8 Å². The summed E-state index contributed by atoms with van der Waals surface area (Å²) in [5.41, 5.74) is 1.11. The number of carbonyl (C=O) groups excluding carboxylic acids is 2. The van der Waals surface area contributed by atoms with Gasteiger partial charge in [0.1, 0.15) is 10.6 Å². The summed E-state index contributed by atoms with van der Waals surface area (Å²) in [5.74, 6) is -0.583. The Morgan fingerprint density at radius 2 is 1.81 bits per heavy atom. The number of amides is 2. The number of aromatic nitrogens is 1. The van der Waals surface area contributed by atoms with Crippen LogP contribution in [-0.4, -0.2) is 49.8 Å². The molecule has 0 radical (unpaired) electrons. The Hall–Kier alpha value is -2.65. The third kappa shape index (κ3) is 4.55. The molecule has 2 rings (SSSR count). The van der Waals surface area contributed by atoms with Crippen molar-refractivity contribution in [2.45, 2.75) is 18.7 Å². The molecule has 2 amide bonds. The number of nitrogens with zero attached hydrogens (tertiary/aromatic N) is 2. The monoisotopic (exact) mass is 392 g/mol. The molecule has 27 heavy (non-hydrogen) atoms. The topological polar surface area (TPSA) is 101 Å². The number of rotatable bonds is 7. The average molecular weight is 392 g/mol. The highest BCUT2D eigenvalue weighted by atomic mass is 32.2. The highest BCUT2D eigenvalue weighted by Crippen LogP contribution is 2.17. The van der Waals surface area contributed by atoms with E-state index in [1.165, 1.54) is 23.9 Å². The Morgan fingerprint density at radius 3 is 2.41 bits per heavy atom. The Kier molecular flexibility index (Phi) is 6.40. The second-order valence-corrected chi connectivity index (χ2v) is 7.78. The maximum Gasteiger partial charge on any atom is 0.272 e. The number of hydrogen-bond donors (Lipinski definition) is 2. The summed E-state index contributed by atoms with van der Waals surface area (Å²) in [6, 6.07) is 7.95. The number of aryl methyl sites for hydroxylation is 1. The van der Waals surface area contributed by atoms with Crippen LogP contribution in [0.4, 0.5) is 5.69 Å². The Morgan fingerprint density at radius 1 is 1.15 bits per heavy atom. The number of benzene rings is 1. The van der Waals surface area contributed by atoms with Crippen molar-refractivity contribution in [2.24, 2.45) is 7.05 Å². The van der Waals surface area contributed by atoms with Gasteiger partial charge in [0.15, 0.2) is 0 Å². The van der Waals surface area contributed by atoms with Gasteiger partial charge in [0.05, 0.1) is 0 Å². The first-order valence-electron chi connectivity index (χ1n) is 8.54. The van der Waals surface area contributed by atoms with Crippen LogP contribution in [0.5, 0.6) is 0 Å². The van der Waals surface area contributed by atoms with E-state index in [9.17, 15) is 18.0 Å². The van der Waals surface area contributed by atoms with Gasteiger partial charge in [-0.25, -0.2) is 13.1 Å². The Labute approximate surface area is 159 Å². The minimum absolute atomic E-state index is 0.00288. The van der Waals surface area contributed by atoms with Crippen molar-refractivity contribution >= 4 is 27.5 Å². The van der Waals surface area contributed by atoms with Crippen LogP contribution in [-0.2, 0) is 17.1 Å². The number of anilines is 1. The number of nitrogens with one attached hydrogen (secondary N) is 2. The van der Waals surface area contributed by atoms with Crippen molar-refractivity contribution in [1.82, 2.24) is 14.2 Å². The molecule has 1 aromatic carbocycles. The van der Waals surface area contributed by atoms with E-state index >= 15 is 0 Å². The summed E-state index contributed by atoms with van der Waals surface area (Å²) < 4.78 is 27.4. The third-order valence-electron chi connectivity index (χ3n) is 4.21. The van der Waals surface area contributed by atoms with Gasteiger partial charge in [0, 0.05) is 37.6 Å². The summed E-state index contributed by atoms with van der Waals surface area (Å²) in [5, 5.41) is 2.71. The Bertz CT molecular complexity index is 946. The van der Waals surface area contributed by atoms with Crippen LogP contribution >= 0.6 is 0 Å². The van der Waals surface area contributed by atoms with E-state index in [4.69, 9.17) is 0 Å². The second kappa shape index (κ2) is 8.36. The molecule has 9 heteroatoms. The van der Waals surface area contributed by atoms with Crippen molar-refractivity contribution in [2.75, 3.05) is 25.5 Å². The number of hydrogen-bond acceptors (Lipinski definition) is 4. The SMILES string of the molecule is CCN(CC)C(=O)c1cccc(NC(=O)c2cc(S(=O)(=O)NC)cn2C)c1. The van der Waals surface area contributed by atoms with Gasteiger partial charge in [-0.3, -0.25) is 9.59 Å². The largest absolute Gasteiger partial charge is 0.345 e. The zero-order chi connectivity index (χ0) is 20.2. The molecule has 2 aromatic rings. The van der Waals surface area contributed by atoms with E-state index < -0.39 is 15.9 Å². The van der Waals surface area contributed by atoms with Gasteiger partial charge in [0.25, 0.3) is 11.8 Å². The van der Waals surface area contributed by atoms with E-state index in [2.05, 4.69) is 10.0 Å². The molecule has 0 aliphatic rings. The van der Waals surface area contributed by atoms with Crippen molar-refractivity contribution in [3.63, 3.8) is 0 Å². The molecule has 146 valence electrons. The predicted octanol–water partition coefficient (Wildman–Crippen LogP) is 1.67. The van der Waals surface area contributed by atoms with E-state index in [1.807, 2.05) is 13.8 Å². The van der Waals surface area contributed by atoms with Crippen LogP contribution in [0.2, 0.25) is 0 Å². The van der Waals surface area contributed by atoms with Crippen molar-refractivity contribution in [3.05, 3.63) is 47.8 Å². The lowest BCUT2D eigenvalue weighted by Gasteiger charge is -2.19. The van der Waals surface area contributed by atoms with Crippen molar-refractivity contribution < 1.29 is 18.0 Å². The van der Waals surface area contributed by atoms with E-state index in [1.54, 1.807) is 36.2 Å². The van der Waals surface area contributed by atoms with Crippen LogP contribution in [0.25, 0.3) is 0 Å². The summed E-state index contributed by atoms with van der Waals surface area (Å²) in [7, 11) is -0.747. The normalized spacial score (nSPS) is 11.3. The van der Waals surface area contributed by atoms with Gasteiger partial charge in [-0.2, -0.15) is 0 Å². The second-order valence-electron chi connectivity index (χ2n) is 5.89. The molecule has 0 unspecified atom stereocenters. The molecule has 1 heterocycles. The van der Waals surface area contributed by atoms with Gasteiger partial charge in [-0.1, -0.05) is 6.07 Å². The fourth-order valence-corrected chi connectivity index (χ4v) is 3.44. The molecule has 8 nitrogen and oxygen atoms in total. The molecule has 0 atom stereocenters. The lowest BCUT2D eigenvalue weighted by molar-refractivity contribution is 0.0772. The smallest absolute Gasteiger partial charge is 0.272 e. The van der Waals surface area contributed by atoms with Crippen LogP contribution < -0.4 is 10.0 Å². The standard InChI is InChI=1S/C18H24N4O4S/c1-5-22(6-2)18(24)13-8-7-9-14(10-13)20-17(23)16-11-15(12-21(16)4)27(25,26)19-3/h7-12,19H,5-6H2,1-4H3,(H,20,23). The third-order valence-corrected chi connectivity index (χ3v) is 5.59. The molecule has 0 aliphatic heterocycles. The zero-order valence-electron chi connectivity index (χ0n) is 15.8. The predicted molar refractivity (Wildman–Crippen MR) is 103 cm³/mol. The fourth-order valence-electron chi connectivity index (χ4n) is 2.64. The first-order valence-corrected chi connectivity index (χ1v) is 10.0. The minimum Gasteiger partial charge on any atom is -0.345 e. The Balaban J connectivity index is 2.24. The first kappa shape index (κ1) is 20.7. The van der Waals surface area contributed by atoms with Crippen LogP contribution in [0.3, 0.4) is 0 Å². The molecule has 0 bridgehead atoms. The van der Waals surface area contributed by atoms with E-state index in [0.29, 0.717) is 24.3 Å². The van der Waals surface area contributed by atoms with Gasteiger partial charge in [-0.15, -0.1) is 0 Å². The lowest BCUT2D eigenvalue weighted by atomic mass is 10.1. The highest BCUT2D eigenvalue weighted by molar-refractivity contribution is 7.89. The van der Waals surface area contributed by atoms with Gasteiger partial charge in [-0.05, 0) is 45.2 Å². The summed E-state index contributed by atoms with van der Waals surface area (Å²) in [6.07, 6.45) is 1.36. The van der Waals surface area contributed by atoms with E-state index in [0.717, 1.165) is 0 Å². The molecule has 0 saturated carbocycles. The maximum atomic E-state index is 12.5. The summed E-state index contributed by atoms with van der Waals surface area (Å²) in [4.78, 5) is 26.7. The first-order chi connectivity index (χ1) is 12.7. The van der Waals surface area contributed by atoms with Gasteiger partial charge >= 0.3 is 0 Å². The highest BCUT2D eigenvalue weighted by Gasteiger charge is 2.20. The number of sulfonamides is 1. The van der Waals surface area contributed by atoms with Crippen molar-refractivity contribution in [1.29, 1.82) is 0 Å². The lowest BCUT2D eigenvalue weighted by Crippen LogP contribution is -2.30. The zero-order valence-corrected chi connectivity index (χ0v) is 16.6. The van der Waals surface area contributed by atoms with Crippen molar-refractivity contribution in [3.8, 4) is 0 Å². The molecule has 0 fully saturated rings. The summed E-state index contributed by atoms with van der Waals surface area (Å²) in [6.45, 7) is 4.99. The molecular weight excluding hydrogens is 368 g/mol. The molecule has 0 saturated heterocycles. The molecular formula is C18H24N4O4S. The summed E-state index contributed by atoms with van der Waals surface area (Å²) >= 11 is 0. The minimum atomic E-state index is -3.64.